The van der Waals surface area contributed by atoms with Crippen LogP contribution >= 0.6 is 23.2 Å². The van der Waals surface area contributed by atoms with E-state index in [0.717, 1.165) is 71.8 Å². The van der Waals surface area contributed by atoms with Gasteiger partial charge in [-0.15, -0.1) is 0 Å². The number of fused-ring (bicyclic) bond motifs is 2. The molecule has 0 spiro atoms. The standard InChI is InChI=1S/C37H37Cl2N5O4/c1-19-15-24(16-20(2)33(19)39)48-14-8-9-26-27-10-11-29(38)32(31-21(3)42-44(6)22(31)4)34(27)41-35(26)36(45)40-23-17-28(37(46)47-7)25-12-13-43(5)30(25)18-23/h10-13,15-18,41H,8-9,14H2,1-7H3,(H,40,45). The number of methoxy groups -OCH3 is 1. The molecular formula is C37H37Cl2N5O4. The molecule has 0 aliphatic rings. The Morgan fingerprint density at radius 1 is 0.958 bits per heavy atom. The summed E-state index contributed by atoms with van der Waals surface area (Å²) >= 11 is 13.2. The van der Waals surface area contributed by atoms with Gasteiger partial charge in [-0.25, -0.2) is 4.79 Å². The van der Waals surface area contributed by atoms with E-state index in [-0.39, 0.29) is 5.91 Å². The van der Waals surface area contributed by atoms with E-state index in [4.69, 9.17) is 32.7 Å². The molecule has 0 saturated heterocycles. The number of aromatic nitrogens is 4. The van der Waals surface area contributed by atoms with Gasteiger partial charge in [0.2, 0.25) is 0 Å². The zero-order chi connectivity index (χ0) is 34.4. The number of amides is 1. The minimum atomic E-state index is -0.485. The van der Waals surface area contributed by atoms with Crippen LogP contribution in [0.2, 0.25) is 10.0 Å². The van der Waals surface area contributed by atoms with E-state index in [9.17, 15) is 9.59 Å². The zero-order valence-electron chi connectivity index (χ0n) is 28.0. The van der Waals surface area contributed by atoms with Crippen LogP contribution in [0.15, 0.2) is 48.7 Å². The number of aromatic amines is 1. The van der Waals surface area contributed by atoms with E-state index in [1.165, 1.54) is 7.11 Å². The number of aryl methyl sites for hydroxylation is 6. The normalized spacial score (nSPS) is 11.4. The number of carbonyl (C=O) groups is 2. The molecule has 48 heavy (non-hydrogen) atoms. The van der Waals surface area contributed by atoms with Gasteiger partial charge in [0.25, 0.3) is 5.91 Å². The predicted molar refractivity (Wildman–Crippen MR) is 192 cm³/mol. The smallest absolute Gasteiger partial charge is 0.338 e. The number of esters is 1. The fraction of sp³-hybridized carbons (Fsp3) is 0.270. The number of H-pyrrole nitrogens is 1. The average Bonchev–Trinajstić information content (AvgIpc) is 3.69. The summed E-state index contributed by atoms with van der Waals surface area (Å²) in [4.78, 5) is 30.3. The Kier molecular flexibility index (Phi) is 9.02. The predicted octanol–water partition coefficient (Wildman–Crippen LogP) is 8.65. The van der Waals surface area contributed by atoms with Gasteiger partial charge in [-0.1, -0.05) is 29.3 Å². The largest absolute Gasteiger partial charge is 0.494 e. The van der Waals surface area contributed by atoms with Crippen molar-refractivity contribution in [1.82, 2.24) is 19.3 Å². The van der Waals surface area contributed by atoms with Gasteiger partial charge in [0.15, 0.2) is 0 Å². The molecule has 3 heterocycles. The highest BCUT2D eigenvalue weighted by Crippen LogP contribution is 2.40. The quantitative estimate of drug-likeness (QED) is 0.117. The number of ether oxygens (including phenoxy) is 2. The van der Waals surface area contributed by atoms with E-state index in [1.54, 1.807) is 6.07 Å². The van der Waals surface area contributed by atoms with Crippen molar-refractivity contribution in [2.45, 2.75) is 40.5 Å². The van der Waals surface area contributed by atoms with Crippen LogP contribution in [-0.2, 0) is 25.3 Å². The molecule has 0 aliphatic carbocycles. The van der Waals surface area contributed by atoms with Crippen molar-refractivity contribution >= 4 is 62.6 Å². The van der Waals surface area contributed by atoms with E-state index in [1.807, 2.05) is 93.6 Å². The first-order valence-electron chi connectivity index (χ1n) is 15.6. The third-order valence-corrected chi connectivity index (χ3v) is 9.84. The third-order valence-electron chi connectivity index (χ3n) is 8.93. The highest BCUT2D eigenvalue weighted by Gasteiger charge is 2.25. The second-order valence-electron chi connectivity index (χ2n) is 12.1. The Morgan fingerprint density at radius 3 is 2.35 bits per heavy atom. The maximum Gasteiger partial charge on any atom is 0.338 e. The summed E-state index contributed by atoms with van der Waals surface area (Å²) in [7, 11) is 5.12. The highest BCUT2D eigenvalue weighted by atomic mass is 35.5. The fourth-order valence-corrected chi connectivity index (χ4v) is 6.83. The number of nitrogens with one attached hydrogen (secondary N) is 2. The van der Waals surface area contributed by atoms with Crippen LogP contribution in [0.4, 0.5) is 5.69 Å². The van der Waals surface area contributed by atoms with Crippen molar-refractivity contribution in [3.63, 3.8) is 0 Å². The Bertz CT molecular complexity index is 2220. The Morgan fingerprint density at radius 2 is 1.69 bits per heavy atom. The van der Waals surface area contributed by atoms with Crippen LogP contribution in [0.5, 0.6) is 5.75 Å². The van der Waals surface area contributed by atoms with Gasteiger partial charge in [0.05, 0.1) is 41.0 Å². The average molecular weight is 687 g/mol. The van der Waals surface area contributed by atoms with Crippen molar-refractivity contribution in [3.8, 4) is 16.9 Å². The SMILES string of the molecule is COC(=O)c1cc(NC(=O)c2[nH]c3c(-c4c(C)nn(C)c4C)c(Cl)ccc3c2CCCOc2cc(C)c(Cl)c(C)c2)cc2c1ccn2C. The molecule has 9 nitrogen and oxygen atoms in total. The van der Waals surface area contributed by atoms with Gasteiger partial charge in [-0.3, -0.25) is 9.48 Å². The minimum absolute atomic E-state index is 0.350. The molecule has 11 heteroatoms. The Labute approximate surface area is 288 Å². The molecule has 0 bridgehead atoms. The van der Waals surface area contributed by atoms with Gasteiger partial charge in [0.1, 0.15) is 11.4 Å². The summed E-state index contributed by atoms with van der Waals surface area (Å²) < 4.78 is 14.9. The number of halogens is 2. The number of rotatable bonds is 9. The van der Waals surface area contributed by atoms with Crippen LogP contribution in [0.3, 0.4) is 0 Å². The van der Waals surface area contributed by atoms with Gasteiger partial charge >= 0.3 is 5.97 Å². The summed E-state index contributed by atoms with van der Waals surface area (Å²) in [5.74, 6) is -0.0846. The maximum absolute atomic E-state index is 14.2. The lowest BCUT2D eigenvalue weighted by atomic mass is 9.98. The van der Waals surface area contributed by atoms with Crippen LogP contribution < -0.4 is 10.1 Å². The Hall–Kier alpha value is -4.73. The van der Waals surface area contributed by atoms with Gasteiger partial charge in [-0.05, 0) is 93.6 Å². The molecule has 1 amide bonds. The van der Waals surface area contributed by atoms with Gasteiger partial charge in [0, 0.05) is 58.6 Å². The molecule has 0 radical (unpaired) electrons. The van der Waals surface area contributed by atoms with E-state index in [2.05, 4.69) is 15.4 Å². The van der Waals surface area contributed by atoms with E-state index >= 15 is 0 Å². The van der Waals surface area contributed by atoms with Crippen LogP contribution in [0.1, 0.15) is 55.3 Å². The van der Waals surface area contributed by atoms with Crippen LogP contribution in [0, 0.1) is 27.7 Å². The van der Waals surface area contributed by atoms with Crippen molar-refractivity contribution in [2.75, 3.05) is 19.0 Å². The van der Waals surface area contributed by atoms with Crippen LogP contribution in [0.25, 0.3) is 32.9 Å². The molecule has 0 aliphatic heterocycles. The molecule has 0 unspecified atom stereocenters. The number of hydrogen-bond donors (Lipinski definition) is 2. The summed E-state index contributed by atoms with van der Waals surface area (Å²) in [5.41, 5.74) is 9.01. The van der Waals surface area contributed by atoms with Gasteiger partial charge < -0.3 is 24.3 Å². The van der Waals surface area contributed by atoms with Crippen molar-refractivity contribution in [1.29, 1.82) is 0 Å². The first kappa shape index (κ1) is 33.2. The number of hydrogen-bond acceptors (Lipinski definition) is 5. The van der Waals surface area contributed by atoms with Crippen molar-refractivity contribution in [3.05, 3.63) is 98.0 Å². The number of nitrogens with zero attached hydrogens (tertiary/aromatic N) is 3. The molecular weight excluding hydrogens is 649 g/mol. The highest BCUT2D eigenvalue weighted by molar-refractivity contribution is 6.35. The number of anilines is 1. The molecule has 6 rings (SSSR count). The fourth-order valence-electron chi connectivity index (χ4n) is 6.47. The third kappa shape index (κ3) is 5.93. The molecule has 3 aromatic carbocycles. The molecule has 0 saturated carbocycles. The second-order valence-corrected chi connectivity index (χ2v) is 12.9. The minimum Gasteiger partial charge on any atom is -0.494 e. The molecule has 248 valence electrons. The van der Waals surface area contributed by atoms with Crippen molar-refractivity contribution < 1.29 is 19.1 Å². The van der Waals surface area contributed by atoms with Crippen LogP contribution in [-0.4, -0.2) is 44.9 Å². The van der Waals surface area contributed by atoms with E-state index < -0.39 is 5.97 Å². The number of benzene rings is 3. The molecule has 0 fully saturated rings. The summed E-state index contributed by atoms with van der Waals surface area (Å²) in [5, 5.41) is 10.6. The Balaban J connectivity index is 1.40. The second kappa shape index (κ2) is 13.1. The lowest BCUT2D eigenvalue weighted by molar-refractivity contribution is 0.0602. The summed E-state index contributed by atoms with van der Waals surface area (Å²) in [6, 6.07) is 13.0. The van der Waals surface area contributed by atoms with Gasteiger partial charge in [-0.2, -0.15) is 5.10 Å². The molecule has 6 aromatic rings. The zero-order valence-corrected chi connectivity index (χ0v) is 29.5. The first-order valence-corrected chi connectivity index (χ1v) is 16.4. The maximum atomic E-state index is 14.2. The summed E-state index contributed by atoms with van der Waals surface area (Å²) in [6.07, 6.45) is 3.05. The lowest BCUT2D eigenvalue weighted by Gasteiger charge is -2.11. The first-order chi connectivity index (χ1) is 22.9. The molecule has 2 N–H and O–H groups in total. The number of carbonyl (C=O) groups excluding carboxylic acids is 2. The molecule has 0 atom stereocenters. The monoisotopic (exact) mass is 685 g/mol. The van der Waals surface area contributed by atoms with E-state index in [0.29, 0.717) is 41.4 Å². The molecule has 3 aromatic heterocycles. The van der Waals surface area contributed by atoms with Crippen molar-refractivity contribution in [2.24, 2.45) is 14.1 Å². The topological polar surface area (TPSA) is 103 Å². The summed E-state index contributed by atoms with van der Waals surface area (Å²) in [6.45, 7) is 8.29. The lowest BCUT2D eigenvalue weighted by Crippen LogP contribution is -2.15.